The number of fused-ring (bicyclic) bond motifs is 4. The molecule has 7 nitrogen and oxygen atoms in total. The fraction of sp³-hybridized carbons (Fsp3) is 0.143. The van der Waals surface area contributed by atoms with Crippen LogP contribution in [-0.2, 0) is 0 Å². The lowest BCUT2D eigenvalue weighted by molar-refractivity contribution is 0.0948. The number of carbonyl (C=O) groups is 1. The predicted molar refractivity (Wildman–Crippen MR) is 133 cm³/mol. The lowest BCUT2D eigenvalue weighted by atomic mass is 10.0. The van der Waals surface area contributed by atoms with E-state index in [1.54, 1.807) is 19.2 Å². The van der Waals surface area contributed by atoms with Crippen molar-refractivity contribution in [3.63, 3.8) is 0 Å². The average molecular weight is 463 g/mol. The van der Waals surface area contributed by atoms with Gasteiger partial charge in [0.05, 0.1) is 18.5 Å². The number of Topliss-reactive ketones (excluding diaryl/α,β-unsaturated/α-hetero) is 1. The third kappa shape index (κ3) is 3.61. The van der Waals surface area contributed by atoms with Gasteiger partial charge in [-0.15, -0.1) is 10.2 Å². The van der Waals surface area contributed by atoms with Gasteiger partial charge in [0.1, 0.15) is 23.2 Å². The number of aliphatic imine (C=N–C) groups is 1. The molecular weight excluding hydrogens is 440 g/mol. The number of carbonyl (C=O) groups excluding carboxylic acids is 1. The maximum atomic E-state index is 13.4. The van der Waals surface area contributed by atoms with Crippen LogP contribution in [0.4, 0.5) is 0 Å². The van der Waals surface area contributed by atoms with Gasteiger partial charge in [-0.25, -0.2) is 0 Å². The molecule has 1 atom stereocenters. The Labute approximate surface area is 201 Å². The molecular formula is C28H22N4O3. The van der Waals surface area contributed by atoms with E-state index in [9.17, 15) is 4.79 Å². The van der Waals surface area contributed by atoms with Crippen LogP contribution in [0.3, 0.4) is 0 Å². The van der Waals surface area contributed by atoms with Crippen molar-refractivity contribution < 1.29 is 13.9 Å². The number of hydrogen-bond acceptors (Lipinski definition) is 6. The maximum Gasteiger partial charge on any atom is 0.200 e. The zero-order valence-electron chi connectivity index (χ0n) is 19.3. The maximum absolute atomic E-state index is 13.4. The fourth-order valence-corrected chi connectivity index (χ4v) is 4.57. The zero-order chi connectivity index (χ0) is 23.9. The van der Waals surface area contributed by atoms with Gasteiger partial charge in [-0.2, -0.15) is 0 Å². The molecule has 6 rings (SSSR count). The molecule has 3 heterocycles. The Kier molecular flexibility index (Phi) is 5.03. The van der Waals surface area contributed by atoms with Crippen molar-refractivity contribution in [3.05, 3.63) is 107 Å². The molecule has 0 aliphatic carbocycles. The van der Waals surface area contributed by atoms with Crippen LogP contribution in [0.1, 0.15) is 45.8 Å². The molecule has 0 saturated carbocycles. The Morgan fingerprint density at radius 3 is 2.63 bits per heavy atom. The van der Waals surface area contributed by atoms with Crippen molar-refractivity contribution in [3.8, 4) is 11.4 Å². The summed E-state index contributed by atoms with van der Waals surface area (Å²) in [6.07, 6.45) is 0.0966. The first-order chi connectivity index (χ1) is 17.1. The second-order valence-electron chi connectivity index (χ2n) is 8.46. The molecule has 3 aromatic carbocycles. The van der Waals surface area contributed by atoms with Gasteiger partial charge in [0.25, 0.3) is 0 Å². The number of furan rings is 1. The number of aryl methyl sites for hydroxylation is 1. The summed E-state index contributed by atoms with van der Waals surface area (Å²) in [6.45, 7) is 1.91. The minimum Gasteiger partial charge on any atom is -0.497 e. The molecule has 0 bridgehead atoms. The first-order valence-electron chi connectivity index (χ1n) is 11.4. The van der Waals surface area contributed by atoms with Gasteiger partial charge in [-0.05, 0) is 37.3 Å². The number of para-hydroxylation sites is 1. The number of hydrogen-bond donors (Lipinski definition) is 0. The van der Waals surface area contributed by atoms with Crippen LogP contribution < -0.4 is 4.74 Å². The lowest BCUT2D eigenvalue weighted by Crippen LogP contribution is -2.11. The van der Waals surface area contributed by atoms with Crippen LogP contribution in [0, 0.1) is 6.92 Å². The Morgan fingerprint density at radius 2 is 1.80 bits per heavy atom. The highest BCUT2D eigenvalue weighted by Crippen LogP contribution is 2.34. The molecule has 0 saturated heterocycles. The number of ether oxygens (including phenoxy) is 1. The van der Waals surface area contributed by atoms with E-state index in [4.69, 9.17) is 14.1 Å². The Bertz CT molecular complexity index is 1600. The summed E-state index contributed by atoms with van der Waals surface area (Å²) in [7, 11) is 1.61. The summed E-state index contributed by atoms with van der Waals surface area (Å²) in [5.41, 5.74) is 4.34. The predicted octanol–water partition coefficient (Wildman–Crippen LogP) is 5.50. The molecule has 0 radical (unpaired) electrons. The molecule has 172 valence electrons. The second kappa shape index (κ2) is 8.36. The van der Waals surface area contributed by atoms with E-state index >= 15 is 0 Å². The van der Waals surface area contributed by atoms with Gasteiger partial charge >= 0.3 is 0 Å². The van der Waals surface area contributed by atoms with Crippen molar-refractivity contribution in [2.24, 2.45) is 4.99 Å². The van der Waals surface area contributed by atoms with Crippen LogP contribution in [0.15, 0.2) is 88.3 Å². The lowest BCUT2D eigenvalue weighted by Gasteiger charge is -2.12. The van der Waals surface area contributed by atoms with E-state index in [1.807, 2.05) is 78.2 Å². The summed E-state index contributed by atoms with van der Waals surface area (Å²) >= 11 is 0. The molecule has 0 fully saturated rings. The van der Waals surface area contributed by atoms with Crippen LogP contribution >= 0.6 is 0 Å². The summed E-state index contributed by atoms with van der Waals surface area (Å²) in [4.78, 5) is 18.5. The van der Waals surface area contributed by atoms with Gasteiger partial charge in [-0.1, -0.05) is 48.5 Å². The zero-order valence-corrected chi connectivity index (χ0v) is 19.3. The van der Waals surface area contributed by atoms with Crippen molar-refractivity contribution in [2.45, 2.75) is 19.4 Å². The number of benzene rings is 3. The standard InChI is InChI=1S/C28H22N4O3/c1-17-30-31-28-22(16-24(33)26-15-19-14-20(34-2)12-13-25(19)35-26)29-27(18-8-4-3-5-9-18)21-10-6-7-11-23(21)32(17)28/h3-15,22H,16H2,1-2H3. The van der Waals surface area contributed by atoms with E-state index in [0.717, 1.165) is 33.7 Å². The van der Waals surface area contributed by atoms with Gasteiger partial charge in [-0.3, -0.25) is 14.4 Å². The quantitative estimate of drug-likeness (QED) is 0.322. The van der Waals surface area contributed by atoms with Gasteiger partial charge in [0.15, 0.2) is 11.6 Å². The molecule has 0 spiro atoms. The van der Waals surface area contributed by atoms with E-state index in [2.05, 4.69) is 10.2 Å². The van der Waals surface area contributed by atoms with Crippen molar-refractivity contribution in [2.75, 3.05) is 7.11 Å². The molecule has 1 aliphatic heterocycles. The molecule has 0 N–H and O–H groups in total. The first-order valence-corrected chi connectivity index (χ1v) is 11.4. The molecule has 5 aromatic rings. The average Bonchev–Trinajstić information content (AvgIpc) is 3.46. The second-order valence-corrected chi connectivity index (χ2v) is 8.46. The van der Waals surface area contributed by atoms with Gasteiger partial charge < -0.3 is 9.15 Å². The molecule has 1 unspecified atom stereocenters. The Morgan fingerprint density at radius 1 is 1.00 bits per heavy atom. The molecule has 0 amide bonds. The molecule has 35 heavy (non-hydrogen) atoms. The van der Waals surface area contributed by atoms with Crippen LogP contribution in [0.5, 0.6) is 5.75 Å². The third-order valence-corrected chi connectivity index (χ3v) is 6.26. The number of methoxy groups -OCH3 is 1. The fourth-order valence-electron chi connectivity index (χ4n) is 4.57. The highest BCUT2D eigenvalue weighted by atomic mass is 16.5. The normalized spacial score (nSPS) is 14.7. The van der Waals surface area contributed by atoms with E-state index < -0.39 is 6.04 Å². The summed E-state index contributed by atoms with van der Waals surface area (Å²) in [5, 5.41) is 9.57. The highest BCUT2D eigenvalue weighted by molar-refractivity contribution is 6.15. The van der Waals surface area contributed by atoms with Crippen molar-refractivity contribution in [1.82, 2.24) is 14.8 Å². The third-order valence-electron chi connectivity index (χ3n) is 6.26. The van der Waals surface area contributed by atoms with E-state index in [1.165, 1.54) is 0 Å². The van der Waals surface area contributed by atoms with Crippen molar-refractivity contribution >= 4 is 22.5 Å². The monoisotopic (exact) mass is 462 g/mol. The Balaban J connectivity index is 1.46. The van der Waals surface area contributed by atoms with Crippen LogP contribution in [-0.4, -0.2) is 33.4 Å². The summed E-state index contributed by atoms with van der Waals surface area (Å²) in [5.74, 6) is 2.21. The minimum absolute atomic E-state index is 0.0966. The summed E-state index contributed by atoms with van der Waals surface area (Å²) < 4.78 is 13.2. The largest absolute Gasteiger partial charge is 0.497 e. The Hall–Kier alpha value is -4.52. The number of ketones is 1. The van der Waals surface area contributed by atoms with E-state index in [0.29, 0.717) is 17.2 Å². The topological polar surface area (TPSA) is 82.5 Å². The molecule has 2 aromatic heterocycles. The number of aromatic nitrogens is 3. The smallest absolute Gasteiger partial charge is 0.200 e. The number of nitrogens with zero attached hydrogens (tertiary/aromatic N) is 4. The van der Waals surface area contributed by atoms with Crippen LogP contribution in [0.25, 0.3) is 16.7 Å². The number of rotatable bonds is 5. The van der Waals surface area contributed by atoms with E-state index in [-0.39, 0.29) is 18.0 Å². The highest BCUT2D eigenvalue weighted by Gasteiger charge is 2.30. The first kappa shape index (κ1) is 21.0. The van der Waals surface area contributed by atoms with Crippen molar-refractivity contribution in [1.29, 1.82) is 0 Å². The minimum atomic E-state index is -0.533. The van der Waals surface area contributed by atoms with Crippen LogP contribution in [0.2, 0.25) is 0 Å². The SMILES string of the molecule is COc1ccc2oc(C(=O)CC3N=C(c4ccccc4)c4ccccc4-n4c(C)nnc43)cc2c1. The van der Waals surface area contributed by atoms with Gasteiger partial charge in [0.2, 0.25) is 5.78 Å². The van der Waals surface area contributed by atoms with Gasteiger partial charge in [0, 0.05) is 22.9 Å². The molecule has 7 heteroatoms. The summed E-state index contributed by atoms with van der Waals surface area (Å²) in [6, 6.07) is 24.7. The molecule has 1 aliphatic rings.